The van der Waals surface area contributed by atoms with E-state index in [9.17, 15) is 18.0 Å². The molecule has 2 aromatic rings. The summed E-state index contributed by atoms with van der Waals surface area (Å²) in [5, 5.41) is 9.87. The zero-order chi connectivity index (χ0) is 13.2. The summed E-state index contributed by atoms with van der Waals surface area (Å²) < 4.78 is 35.3. The molecule has 0 aliphatic carbocycles. The lowest BCUT2D eigenvalue weighted by molar-refractivity contribution is -0.184. The number of carbonyl (C=O) groups is 1. The van der Waals surface area contributed by atoms with Gasteiger partial charge in [0.2, 0.25) is 0 Å². The third kappa shape index (κ3) is 2.94. The van der Waals surface area contributed by atoms with Gasteiger partial charge in [-0.3, -0.25) is 9.63 Å². The number of aromatic nitrogens is 3. The Hall–Kier alpha value is -2.16. The number of hydroxylamine groups is 1. The van der Waals surface area contributed by atoms with Crippen LogP contribution in [-0.2, 0) is 4.84 Å². The fourth-order valence-corrected chi connectivity index (χ4v) is 1.22. The van der Waals surface area contributed by atoms with Gasteiger partial charge < -0.3 is 0 Å². The van der Waals surface area contributed by atoms with Gasteiger partial charge in [-0.25, -0.2) is 5.48 Å². The average Bonchev–Trinajstić information content (AvgIpc) is 2.73. The monoisotopic (exact) mass is 260 g/mol. The molecule has 0 aliphatic heterocycles. The number of hydrogen-bond donors (Lipinski definition) is 2. The number of rotatable bonds is 3. The first-order valence-corrected chi connectivity index (χ1v) is 4.75. The fraction of sp³-hybridized carbons (Fsp3) is 0.222. The number of carbonyl (C=O) groups excluding carboxylic acids is 1. The predicted octanol–water partition coefficient (Wildman–Crippen LogP) is 1.18. The smallest absolute Gasteiger partial charge is 0.267 e. The maximum absolute atomic E-state index is 11.8. The summed E-state index contributed by atoms with van der Waals surface area (Å²) in [6.45, 7) is -1.55. The second-order valence-corrected chi connectivity index (χ2v) is 3.36. The van der Waals surface area contributed by atoms with Crippen molar-refractivity contribution in [2.75, 3.05) is 6.61 Å². The molecule has 0 unspecified atom stereocenters. The van der Waals surface area contributed by atoms with Gasteiger partial charge in [0.1, 0.15) is 11.0 Å². The summed E-state index contributed by atoms with van der Waals surface area (Å²) in [4.78, 5) is 15.5. The lowest BCUT2D eigenvalue weighted by Gasteiger charge is -2.08. The Morgan fingerprint density at radius 1 is 1.33 bits per heavy atom. The van der Waals surface area contributed by atoms with Gasteiger partial charge >= 0.3 is 6.18 Å². The predicted molar refractivity (Wildman–Crippen MR) is 53.4 cm³/mol. The molecule has 6 nitrogen and oxygen atoms in total. The molecule has 1 aromatic heterocycles. The number of alkyl halides is 3. The molecule has 1 aromatic carbocycles. The zero-order valence-electron chi connectivity index (χ0n) is 8.78. The van der Waals surface area contributed by atoms with Gasteiger partial charge in [-0.15, -0.1) is 0 Å². The second-order valence-electron chi connectivity index (χ2n) is 3.36. The molecule has 0 bridgehead atoms. The van der Waals surface area contributed by atoms with Crippen LogP contribution in [0.15, 0.2) is 18.2 Å². The van der Waals surface area contributed by atoms with Crippen LogP contribution >= 0.6 is 0 Å². The van der Waals surface area contributed by atoms with Crippen molar-refractivity contribution in [2.24, 2.45) is 0 Å². The number of fused-ring (bicyclic) bond motifs is 1. The van der Waals surface area contributed by atoms with Crippen LogP contribution in [0.4, 0.5) is 13.2 Å². The first kappa shape index (κ1) is 12.3. The first-order valence-electron chi connectivity index (χ1n) is 4.75. The van der Waals surface area contributed by atoms with Gasteiger partial charge in [-0.05, 0) is 18.2 Å². The number of hydrogen-bond acceptors (Lipinski definition) is 4. The van der Waals surface area contributed by atoms with E-state index in [1.165, 1.54) is 18.2 Å². The van der Waals surface area contributed by atoms with Crippen LogP contribution in [0, 0.1) is 0 Å². The van der Waals surface area contributed by atoms with Crippen molar-refractivity contribution in [3.8, 4) is 0 Å². The molecule has 96 valence electrons. The number of halogens is 3. The minimum atomic E-state index is -4.50. The molecular weight excluding hydrogens is 253 g/mol. The van der Waals surface area contributed by atoms with Gasteiger partial charge in [-0.1, -0.05) is 0 Å². The highest BCUT2D eigenvalue weighted by Crippen LogP contribution is 2.14. The molecule has 0 aliphatic rings. The van der Waals surface area contributed by atoms with E-state index in [4.69, 9.17) is 0 Å². The maximum Gasteiger partial charge on any atom is 0.414 e. The van der Waals surface area contributed by atoms with Crippen LogP contribution in [0.1, 0.15) is 10.4 Å². The highest BCUT2D eigenvalue weighted by atomic mass is 19.4. The van der Waals surface area contributed by atoms with Gasteiger partial charge in [-0.2, -0.15) is 28.6 Å². The third-order valence-electron chi connectivity index (χ3n) is 1.98. The largest absolute Gasteiger partial charge is 0.414 e. The topological polar surface area (TPSA) is 79.9 Å². The van der Waals surface area contributed by atoms with Gasteiger partial charge in [0, 0.05) is 5.56 Å². The Balaban J connectivity index is 2.00. The van der Waals surface area contributed by atoms with Crippen LogP contribution in [-0.4, -0.2) is 34.1 Å². The second kappa shape index (κ2) is 4.61. The lowest BCUT2D eigenvalue weighted by Crippen LogP contribution is -2.29. The van der Waals surface area contributed by atoms with Crippen LogP contribution in [0.5, 0.6) is 0 Å². The van der Waals surface area contributed by atoms with Crippen LogP contribution in [0.2, 0.25) is 0 Å². The van der Waals surface area contributed by atoms with E-state index in [1.54, 1.807) is 5.48 Å². The van der Waals surface area contributed by atoms with Crippen molar-refractivity contribution in [3.63, 3.8) is 0 Å². The van der Waals surface area contributed by atoms with E-state index in [1.807, 2.05) is 0 Å². The number of aromatic amines is 1. The van der Waals surface area contributed by atoms with Crippen LogP contribution in [0.25, 0.3) is 11.0 Å². The van der Waals surface area contributed by atoms with E-state index in [0.29, 0.717) is 11.0 Å². The Bertz CT molecular complexity index is 566. The van der Waals surface area contributed by atoms with Gasteiger partial charge in [0.15, 0.2) is 6.61 Å². The Morgan fingerprint density at radius 2 is 2.06 bits per heavy atom. The maximum atomic E-state index is 11.8. The minimum absolute atomic E-state index is 0.124. The van der Waals surface area contributed by atoms with Crippen molar-refractivity contribution in [1.29, 1.82) is 0 Å². The van der Waals surface area contributed by atoms with Crippen LogP contribution < -0.4 is 5.48 Å². The van der Waals surface area contributed by atoms with Crippen molar-refractivity contribution in [1.82, 2.24) is 20.9 Å². The van der Waals surface area contributed by atoms with E-state index in [0.717, 1.165) is 0 Å². The van der Waals surface area contributed by atoms with E-state index in [2.05, 4.69) is 20.2 Å². The third-order valence-corrected chi connectivity index (χ3v) is 1.98. The number of nitrogens with zero attached hydrogens (tertiary/aromatic N) is 2. The number of nitrogens with one attached hydrogen (secondary N) is 2. The molecule has 0 saturated heterocycles. The molecule has 0 radical (unpaired) electrons. The molecule has 2 N–H and O–H groups in total. The summed E-state index contributed by atoms with van der Waals surface area (Å²) in [5.41, 5.74) is 2.79. The summed E-state index contributed by atoms with van der Waals surface area (Å²) >= 11 is 0. The molecule has 0 atom stereocenters. The molecular formula is C9H7F3N4O2. The summed E-state index contributed by atoms with van der Waals surface area (Å²) in [6.07, 6.45) is -4.50. The van der Waals surface area contributed by atoms with Crippen LogP contribution in [0.3, 0.4) is 0 Å². The van der Waals surface area contributed by atoms with E-state index < -0.39 is 18.7 Å². The molecule has 18 heavy (non-hydrogen) atoms. The molecule has 2 rings (SSSR count). The molecule has 0 saturated carbocycles. The fourth-order valence-electron chi connectivity index (χ4n) is 1.22. The Labute approximate surface area is 98.1 Å². The summed E-state index contributed by atoms with van der Waals surface area (Å²) in [7, 11) is 0. The molecule has 0 spiro atoms. The summed E-state index contributed by atoms with van der Waals surface area (Å²) in [5.74, 6) is -0.788. The van der Waals surface area contributed by atoms with Gasteiger partial charge in [0.05, 0.1) is 0 Å². The highest BCUT2D eigenvalue weighted by molar-refractivity contribution is 5.96. The van der Waals surface area contributed by atoms with Crippen molar-refractivity contribution >= 4 is 16.9 Å². The van der Waals surface area contributed by atoms with Crippen molar-refractivity contribution in [2.45, 2.75) is 6.18 Å². The summed E-state index contributed by atoms with van der Waals surface area (Å²) in [6, 6.07) is 4.29. The van der Waals surface area contributed by atoms with Crippen molar-refractivity contribution in [3.05, 3.63) is 23.8 Å². The highest BCUT2D eigenvalue weighted by Gasteiger charge is 2.28. The lowest BCUT2D eigenvalue weighted by atomic mass is 10.2. The number of benzene rings is 1. The molecule has 1 amide bonds. The van der Waals surface area contributed by atoms with Crippen molar-refractivity contribution < 1.29 is 22.8 Å². The minimum Gasteiger partial charge on any atom is -0.267 e. The molecule has 1 heterocycles. The number of H-pyrrole nitrogens is 1. The Morgan fingerprint density at radius 3 is 2.78 bits per heavy atom. The van der Waals surface area contributed by atoms with Gasteiger partial charge in [0.25, 0.3) is 5.91 Å². The quantitative estimate of drug-likeness (QED) is 0.812. The Kier molecular flexibility index (Phi) is 3.15. The van der Waals surface area contributed by atoms with E-state index >= 15 is 0 Å². The van der Waals surface area contributed by atoms with E-state index in [-0.39, 0.29) is 5.56 Å². The SMILES string of the molecule is O=C(NOCC(F)(F)F)c1ccc2n[nH]nc2c1. The molecule has 9 heteroatoms. The first-order chi connectivity index (χ1) is 8.46. The molecule has 0 fully saturated rings. The zero-order valence-corrected chi connectivity index (χ0v) is 8.78. The average molecular weight is 260 g/mol. The number of amides is 1. The normalized spacial score (nSPS) is 11.7. The standard InChI is InChI=1S/C9H7F3N4O2/c10-9(11,12)4-18-15-8(17)5-1-2-6-7(3-5)14-16-13-6/h1-3H,4H2,(H,15,17)(H,13,14,16).